The molecular formula is C19H16F2N4O. The third-order valence-electron chi connectivity index (χ3n) is 4.35. The smallest absolute Gasteiger partial charge is 0.274 e. The van der Waals surface area contributed by atoms with Gasteiger partial charge in [0.2, 0.25) is 0 Å². The molecule has 2 N–H and O–H groups in total. The molecular weight excluding hydrogens is 338 g/mol. The van der Waals surface area contributed by atoms with Crippen LogP contribution in [-0.2, 0) is 0 Å². The first-order valence-corrected chi connectivity index (χ1v) is 8.26. The topological polar surface area (TPSA) is 66.9 Å². The van der Waals surface area contributed by atoms with Crippen LogP contribution in [0.4, 0.5) is 20.3 Å². The molecule has 1 aliphatic carbocycles. The monoisotopic (exact) mass is 354 g/mol. The van der Waals surface area contributed by atoms with Crippen molar-refractivity contribution in [2.75, 3.05) is 10.6 Å². The molecule has 7 heteroatoms. The Kier molecular flexibility index (Phi) is 3.99. The van der Waals surface area contributed by atoms with Gasteiger partial charge in [0, 0.05) is 42.4 Å². The highest BCUT2D eigenvalue weighted by Gasteiger charge is 2.45. The van der Waals surface area contributed by atoms with Crippen molar-refractivity contribution in [3.8, 4) is 0 Å². The van der Waals surface area contributed by atoms with E-state index in [0.29, 0.717) is 17.2 Å². The van der Waals surface area contributed by atoms with Gasteiger partial charge in [-0.05, 0) is 41.8 Å². The summed E-state index contributed by atoms with van der Waals surface area (Å²) in [7, 11) is 0. The van der Waals surface area contributed by atoms with Crippen molar-refractivity contribution < 1.29 is 13.6 Å². The van der Waals surface area contributed by atoms with Crippen LogP contribution in [0.2, 0.25) is 0 Å². The average molecular weight is 354 g/mol. The van der Waals surface area contributed by atoms with Crippen LogP contribution in [0.25, 0.3) is 10.8 Å². The number of pyridine rings is 2. The van der Waals surface area contributed by atoms with E-state index in [4.69, 9.17) is 0 Å². The van der Waals surface area contributed by atoms with Gasteiger partial charge in [-0.3, -0.25) is 9.78 Å². The Labute approximate surface area is 148 Å². The summed E-state index contributed by atoms with van der Waals surface area (Å²) in [6.07, 6.45) is 2.82. The van der Waals surface area contributed by atoms with Crippen LogP contribution in [0.15, 0.2) is 54.9 Å². The van der Waals surface area contributed by atoms with Crippen LogP contribution in [0, 0.1) is 0 Å². The van der Waals surface area contributed by atoms with Crippen molar-refractivity contribution in [3.63, 3.8) is 0 Å². The standard InChI is InChI=1S/C19H16F2N4O/c20-19(21)10-14(11-19)24-17-15-5-4-13(9-12(15)6-8-23-17)25-18(26)16-3-1-2-7-22-16/h1-9,14H,10-11H2,(H,23,24)(H,25,26). The van der Waals surface area contributed by atoms with Gasteiger partial charge in [0.05, 0.1) is 0 Å². The summed E-state index contributed by atoms with van der Waals surface area (Å²) >= 11 is 0. The Morgan fingerprint density at radius 2 is 1.92 bits per heavy atom. The maximum Gasteiger partial charge on any atom is 0.274 e. The number of hydrogen-bond acceptors (Lipinski definition) is 4. The molecule has 1 saturated carbocycles. The van der Waals surface area contributed by atoms with Crippen molar-refractivity contribution in [1.29, 1.82) is 0 Å². The highest BCUT2D eigenvalue weighted by molar-refractivity contribution is 6.04. The van der Waals surface area contributed by atoms with Gasteiger partial charge >= 0.3 is 0 Å². The summed E-state index contributed by atoms with van der Waals surface area (Å²) in [6.45, 7) is 0. The maximum atomic E-state index is 13.0. The lowest BCUT2D eigenvalue weighted by Gasteiger charge is -2.35. The van der Waals surface area contributed by atoms with Crippen molar-refractivity contribution in [2.24, 2.45) is 0 Å². The number of hydrogen-bond donors (Lipinski definition) is 2. The number of carbonyl (C=O) groups is 1. The molecule has 0 aliphatic heterocycles. The second kappa shape index (κ2) is 6.33. The zero-order valence-electron chi connectivity index (χ0n) is 13.7. The second-order valence-corrected chi connectivity index (χ2v) is 6.37. The quantitative estimate of drug-likeness (QED) is 0.740. The molecule has 1 aliphatic rings. The predicted molar refractivity (Wildman–Crippen MR) is 95.5 cm³/mol. The first-order valence-electron chi connectivity index (χ1n) is 8.26. The zero-order chi connectivity index (χ0) is 18.1. The fourth-order valence-electron chi connectivity index (χ4n) is 3.02. The molecule has 1 aromatic carbocycles. The number of anilines is 2. The first-order chi connectivity index (χ1) is 12.5. The summed E-state index contributed by atoms with van der Waals surface area (Å²) in [5.41, 5.74) is 0.955. The Hall–Kier alpha value is -3.09. The second-order valence-electron chi connectivity index (χ2n) is 6.37. The molecule has 0 atom stereocenters. The summed E-state index contributed by atoms with van der Waals surface area (Å²) in [6, 6.07) is 12.1. The van der Waals surface area contributed by atoms with Crippen molar-refractivity contribution in [1.82, 2.24) is 9.97 Å². The molecule has 132 valence electrons. The number of fused-ring (bicyclic) bond motifs is 1. The lowest BCUT2D eigenvalue weighted by Crippen LogP contribution is -2.44. The fraction of sp³-hybridized carbons (Fsp3) is 0.211. The Morgan fingerprint density at radius 3 is 2.65 bits per heavy atom. The summed E-state index contributed by atoms with van der Waals surface area (Å²) in [5.74, 6) is -2.30. The minimum Gasteiger partial charge on any atom is -0.366 e. The SMILES string of the molecule is O=C(Nc1ccc2c(NC3CC(F)(F)C3)nccc2c1)c1ccccn1. The van der Waals surface area contributed by atoms with Gasteiger partial charge in [-0.25, -0.2) is 13.8 Å². The third-order valence-corrected chi connectivity index (χ3v) is 4.35. The molecule has 1 amide bonds. The number of amides is 1. The number of carbonyl (C=O) groups excluding carboxylic acids is 1. The predicted octanol–water partition coefficient (Wildman–Crippen LogP) is 4.09. The van der Waals surface area contributed by atoms with E-state index in [9.17, 15) is 13.6 Å². The van der Waals surface area contributed by atoms with E-state index < -0.39 is 5.92 Å². The zero-order valence-corrected chi connectivity index (χ0v) is 13.7. The molecule has 0 saturated heterocycles. The lowest BCUT2D eigenvalue weighted by molar-refractivity contribution is -0.0793. The number of nitrogens with zero attached hydrogens (tertiary/aromatic N) is 2. The van der Waals surface area contributed by atoms with E-state index in [1.54, 1.807) is 36.7 Å². The maximum absolute atomic E-state index is 13.0. The summed E-state index contributed by atoms with van der Waals surface area (Å²) in [5, 5.41) is 7.55. The highest BCUT2D eigenvalue weighted by Crippen LogP contribution is 2.39. The van der Waals surface area contributed by atoms with E-state index in [1.807, 2.05) is 18.2 Å². The molecule has 0 radical (unpaired) electrons. The molecule has 3 aromatic rings. The van der Waals surface area contributed by atoms with Crippen LogP contribution in [-0.4, -0.2) is 27.8 Å². The van der Waals surface area contributed by atoms with E-state index in [0.717, 1.165) is 10.8 Å². The van der Waals surface area contributed by atoms with Gasteiger partial charge in [0.25, 0.3) is 11.8 Å². The molecule has 1 fully saturated rings. The van der Waals surface area contributed by atoms with Gasteiger partial charge < -0.3 is 10.6 Å². The molecule has 2 aromatic heterocycles. The third kappa shape index (κ3) is 3.33. The van der Waals surface area contributed by atoms with E-state index in [2.05, 4.69) is 20.6 Å². The molecule has 2 heterocycles. The van der Waals surface area contributed by atoms with Gasteiger partial charge in [0.1, 0.15) is 11.5 Å². The van der Waals surface area contributed by atoms with E-state index in [-0.39, 0.29) is 24.8 Å². The van der Waals surface area contributed by atoms with Crippen LogP contribution >= 0.6 is 0 Å². The minimum atomic E-state index is -2.58. The molecule has 5 nitrogen and oxygen atoms in total. The Morgan fingerprint density at radius 1 is 1.08 bits per heavy atom. The van der Waals surface area contributed by atoms with Crippen LogP contribution in [0.3, 0.4) is 0 Å². The Bertz CT molecular complexity index is 954. The normalized spacial score (nSPS) is 16.1. The van der Waals surface area contributed by atoms with Crippen LogP contribution in [0.1, 0.15) is 23.3 Å². The van der Waals surface area contributed by atoms with Gasteiger partial charge in [-0.2, -0.15) is 0 Å². The van der Waals surface area contributed by atoms with Crippen LogP contribution in [0.5, 0.6) is 0 Å². The molecule has 0 unspecified atom stereocenters. The number of nitrogens with one attached hydrogen (secondary N) is 2. The number of aromatic nitrogens is 2. The highest BCUT2D eigenvalue weighted by atomic mass is 19.3. The number of rotatable bonds is 4. The number of halogens is 2. The average Bonchev–Trinajstić information content (AvgIpc) is 2.61. The largest absolute Gasteiger partial charge is 0.366 e. The molecule has 26 heavy (non-hydrogen) atoms. The van der Waals surface area contributed by atoms with Crippen molar-refractivity contribution in [3.05, 3.63) is 60.6 Å². The van der Waals surface area contributed by atoms with Gasteiger partial charge in [-0.15, -0.1) is 0 Å². The molecule has 0 bridgehead atoms. The first kappa shape index (κ1) is 16.4. The summed E-state index contributed by atoms with van der Waals surface area (Å²) in [4.78, 5) is 20.5. The van der Waals surface area contributed by atoms with Gasteiger partial charge in [-0.1, -0.05) is 6.07 Å². The molecule has 4 rings (SSSR count). The van der Waals surface area contributed by atoms with Crippen molar-refractivity contribution >= 4 is 28.2 Å². The fourth-order valence-corrected chi connectivity index (χ4v) is 3.02. The summed E-state index contributed by atoms with van der Waals surface area (Å²) < 4.78 is 26.0. The molecule has 0 spiro atoms. The minimum absolute atomic E-state index is 0.177. The van der Waals surface area contributed by atoms with Crippen molar-refractivity contribution in [2.45, 2.75) is 24.8 Å². The Balaban J connectivity index is 1.53. The van der Waals surface area contributed by atoms with E-state index in [1.165, 1.54) is 0 Å². The number of benzene rings is 1. The number of alkyl halides is 2. The van der Waals surface area contributed by atoms with E-state index >= 15 is 0 Å². The lowest BCUT2D eigenvalue weighted by atomic mass is 9.88. The van der Waals surface area contributed by atoms with Gasteiger partial charge in [0.15, 0.2) is 0 Å². The van der Waals surface area contributed by atoms with Crippen LogP contribution < -0.4 is 10.6 Å².